The minimum absolute atomic E-state index is 0.112. The fourth-order valence-electron chi connectivity index (χ4n) is 2.89. The summed E-state index contributed by atoms with van der Waals surface area (Å²) in [5.74, 6) is -0.171. The molecule has 1 N–H and O–H groups in total. The molecule has 0 spiro atoms. The number of nitrogens with zero attached hydrogens (tertiary/aromatic N) is 3. The molecule has 0 aliphatic carbocycles. The van der Waals surface area contributed by atoms with Gasteiger partial charge in [0.2, 0.25) is 11.8 Å². The number of anilines is 2. The fraction of sp³-hybridized carbons (Fsp3) is 0.286. The van der Waals surface area contributed by atoms with Crippen LogP contribution in [-0.4, -0.2) is 29.2 Å². The first-order chi connectivity index (χ1) is 13.6. The van der Waals surface area contributed by atoms with Gasteiger partial charge in [-0.05, 0) is 50.2 Å². The van der Waals surface area contributed by atoms with Crippen molar-refractivity contribution in [2.75, 3.05) is 23.3 Å². The van der Waals surface area contributed by atoms with Gasteiger partial charge in [0.1, 0.15) is 5.82 Å². The summed E-state index contributed by atoms with van der Waals surface area (Å²) in [5.41, 5.74) is 2.10. The lowest BCUT2D eigenvalue weighted by Crippen LogP contribution is -2.21. The largest absolute Gasteiger partial charge is 0.421 e. The van der Waals surface area contributed by atoms with E-state index in [0.29, 0.717) is 5.89 Å². The zero-order valence-electron chi connectivity index (χ0n) is 16.0. The Hall–Kier alpha value is -3.22. The van der Waals surface area contributed by atoms with Gasteiger partial charge in [-0.3, -0.25) is 4.79 Å². The van der Waals surface area contributed by atoms with E-state index in [1.54, 1.807) is 18.2 Å². The van der Waals surface area contributed by atoms with Crippen LogP contribution in [0, 0.1) is 5.82 Å². The Kier molecular flexibility index (Phi) is 6.37. The number of carbonyl (C=O) groups is 1. The third kappa shape index (κ3) is 4.73. The van der Waals surface area contributed by atoms with Gasteiger partial charge in [0.05, 0.1) is 5.56 Å². The van der Waals surface area contributed by atoms with Crippen molar-refractivity contribution in [1.82, 2.24) is 10.2 Å². The van der Waals surface area contributed by atoms with Gasteiger partial charge in [-0.15, -0.1) is 10.2 Å². The lowest BCUT2D eigenvalue weighted by Gasteiger charge is -2.21. The van der Waals surface area contributed by atoms with Gasteiger partial charge in [0.15, 0.2) is 0 Å². The van der Waals surface area contributed by atoms with Gasteiger partial charge in [0, 0.05) is 37.3 Å². The molecule has 1 aromatic heterocycles. The molecule has 146 valence electrons. The second-order valence-corrected chi connectivity index (χ2v) is 6.25. The minimum atomic E-state index is -0.427. The van der Waals surface area contributed by atoms with E-state index in [0.717, 1.165) is 24.5 Å². The third-order valence-corrected chi connectivity index (χ3v) is 4.42. The summed E-state index contributed by atoms with van der Waals surface area (Å²) in [6, 6.07) is 13.9. The van der Waals surface area contributed by atoms with Crippen LogP contribution in [0.2, 0.25) is 0 Å². The van der Waals surface area contributed by atoms with Gasteiger partial charge < -0.3 is 14.6 Å². The molecule has 0 saturated carbocycles. The molecular weight excluding hydrogens is 359 g/mol. The first kappa shape index (κ1) is 19.5. The van der Waals surface area contributed by atoms with Crippen molar-refractivity contribution in [3.05, 3.63) is 60.2 Å². The second-order valence-electron chi connectivity index (χ2n) is 6.25. The van der Waals surface area contributed by atoms with Crippen LogP contribution in [0.15, 0.2) is 52.9 Å². The molecule has 0 aliphatic rings. The van der Waals surface area contributed by atoms with Crippen molar-refractivity contribution < 1.29 is 13.6 Å². The van der Waals surface area contributed by atoms with Crippen molar-refractivity contribution in [2.45, 2.75) is 26.7 Å². The molecular formula is C21H23FN4O2. The Balaban J connectivity index is 1.54. The van der Waals surface area contributed by atoms with Crippen LogP contribution >= 0.6 is 0 Å². The molecule has 0 unspecified atom stereocenters. The lowest BCUT2D eigenvalue weighted by molar-refractivity contribution is -0.116. The first-order valence-corrected chi connectivity index (χ1v) is 9.32. The van der Waals surface area contributed by atoms with Crippen LogP contribution < -0.4 is 10.2 Å². The molecule has 1 heterocycles. The molecule has 1 amide bonds. The Morgan fingerprint density at radius 2 is 1.79 bits per heavy atom. The maximum atomic E-state index is 13.8. The smallest absolute Gasteiger partial charge is 0.250 e. The molecule has 0 radical (unpaired) electrons. The fourth-order valence-corrected chi connectivity index (χ4v) is 2.89. The molecule has 28 heavy (non-hydrogen) atoms. The van der Waals surface area contributed by atoms with Gasteiger partial charge in [-0.2, -0.15) is 0 Å². The van der Waals surface area contributed by atoms with E-state index in [4.69, 9.17) is 4.42 Å². The topological polar surface area (TPSA) is 71.3 Å². The summed E-state index contributed by atoms with van der Waals surface area (Å²) in [4.78, 5) is 14.4. The van der Waals surface area contributed by atoms with Crippen LogP contribution in [0.5, 0.6) is 0 Å². The predicted molar refractivity (Wildman–Crippen MR) is 107 cm³/mol. The van der Waals surface area contributed by atoms with Crippen molar-refractivity contribution in [1.29, 1.82) is 0 Å². The molecule has 2 aromatic carbocycles. The Labute approximate surface area is 163 Å². The highest BCUT2D eigenvalue weighted by atomic mass is 19.1. The normalized spacial score (nSPS) is 10.7. The summed E-state index contributed by atoms with van der Waals surface area (Å²) in [6.07, 6.45) is 0.474. The first-order valence-electron chi connectivity index (χ1n) is 9.32. The monoisotopic (exact) mass is 382 g/mol. The molecule has 0 aliphatic heterocycles. The molecule has 0 atom stereocenters. The Morgan fingerprint density at radius 1 is 1.07 bits per heavy atom. The average molecular weight is 382 g/mol. The van der Waals surface area contributed by atoms with Crippen LogP contribution in [0.3, 0.4) is 0 Å². The van der Waals surface area contributed by atoms with Crippen LogP contribution in [0.25, 0.3) is 11.5 Å². The second kappa shape index (κ2) is 9.12. The SMILES string of the molecule is CCN(CC)c1ccc(NC(=O)CCc2nnc(-c3ccccc3F)o2)cc1. The van der Waals surface area contributed by atoms with Gasteiger partial charge in [-0.25, -0.2) is 4.39 Å². The van der Waals surface area contributed by atoms with Gasteiger partial charge in [0.25, 0.3) is 5.89 Å². The number of aryl methyl sites for hydroxylation is 1. The maximum absolute atomic E-state index is 13.8. The minimum Gasteiger partial charge on any atom is -0.421 e. The average Bonchev–Trinajstić information content (AvgIpc) is 3.18. The predicted octanol–water partition coefficient (Wildman–Crippen LogP) is 4.29. The highest BCUT2D eigenvalue weighted by Crippen LogP contribution is 2.21. The zero-order chi connectivity index (χ0) is 19.9. The Bertz CT molecular complexity index is 920. The van der Waals surface area contributed by atoms with E-state index >= 15 is 0 Å². The van der Waals surface area contributed by atoms with E-state index in [-0.39, 0.29) is 30.2 Å². The number of rotatable bonds is 8. The summed E-state index contributed by atoms with van der Waals surface area (Å²) >= 11 is 0. The third-order valence-electron chi connectivity index (χ3n) is 4.42. The molecule has 0 fully saturated rings. The lowest BCUT2D eigenvalue weighted by atomic mass is 10.2. The number of hydrogen-bond donors (Lipinski definition) is 1. The summed E-state index contributed by atoms with van der Waals surface area (Å²) in [5, 5.41) is 10.6. The highest BCUT2D eigenvalue weighted by Gasteiger charge is 2.13. The van der Waals surface area contributed by atoms with Crippen molar-refractivity contribution >= 4 is 17.3 Å². The molecule has 0 saturated heterocycles. The van der Waals surface area contributed by atoms with Crippen LogP contribution in [0.4, 0.5) is 15.8 Å². The Morgan fingerprint density at radius 3 is 2.46 bits per heavy atom. The number of benzene rings is 2. The van der Waals surface area contributed by atoms with Crippen LogP contribution in [0.1, 0.15) is 26.2 Å². The summed E-state index contributed by atoms with van der Waals surface area (Å²) < 4.78 is 19.2. The zero-order valence-corrected chi connectivity index (χ0v) is 16.0. The van der Waals surface area contributed by atoms with Gasteiger partial charge >= 0.3 is 0 Å². The number of carbonyl (C=O) groups excluding carboxylic acids is 1. The maximum Gasteiger partial charge on any atom is 0.250 e. The number of amides is 1. The van der Waals surface area contributed by atoms with Crippen molar-refractivity contribution in [3.63, 3.8) is 0 Å². The van der Waals surface area contributed by atoms with E-state index < -0.39 is 5.82 Å². The van der Waals surface area contributed by atoms with E-state index in [1.165, 1.54) is 6.07 Å². The van der Waals surface area contributed by atoms with Crippen LogP contribution in [-0.2, 0) is 11.2 Å². The summed E-state index contributed by atoms with van der Waals surface area (Å²) in [6.45, 7) is 6.07. The van der Waals surface area contributed by atoms with Crippen molar-refractivity contribution in [3.8, 4) is 11.5 Å². The highest BCUT2D eigenvalue weighted by molar-refractivity contribution is 5.90. The van der Waals surface area contributed by atoms with E-state index in [2.05, 4.69) is 34.3 Å². The van der Waals surface area contributed by atoms with Crippen molar-refractivity contribution in [2.24, 2.45) is 0 Å². The summed E-state index contributed by atoms with van der Waals surface area (Å²) in [7, 11) is 0. The quantitative estimate of drug-likeness (QED) is 0.629. The molecule has 3 aromatic rings. The molecule has 7 heteroatoms. The molecule has 0 bridgehead atoms. The van der Waals surface area contributed by atoms with E-state index in [9.17, 15) is 9.18 Å². The number of aromatic nitrogens is 2. The number of nitrogens with one attached hydrogen (secondary N) is 1. The molecule has 3 rings (SSSR count). The number of halogens is 1. The number of hydrogen-bond acceptors (Lipinski definition) is 5. The van der Waals surface area contributed by atoms with Gasteiger partial charge in [-0.1, -0.05) is 12.1 Å². The molecule has 6 nitrogen and oxygen atoms in total. The van der Waals surface area contributed by atoms with E-state index in [1.807, 2.05) is 24.3 Å². The standard InChI is InChI=1S/C21H23FN4O2/c1-3-26(4-2)16-11-9-15(10-12-16)23-19(27)13-14-20-24-25-21(28-20)17-7-5-6-8-18(17)22/h5-12H,3-4,13-14H2,1-2H3,(H,23,27).